The Bertz CT molecular complexity index is 529. The molecule has 1 aliphatic rings. The van der Waals surface area contributed by atoms with Gasteiger partial charge in [0.1, 0.15) is 11.4 Å². The van der Waals surface area contributed by atoms with Crippen molar-refractivity contribution in [1.29, 1.82) is 0 Å². The molecule has 0 unspecified atom stereocenters. The van der Waals surface area contributed by atoms with Crippen LogP contribution in [0.5, 0.6) is 0 Å². The second-order valence-electron chi connectivity index (χ2n) is 4.88. The van der Waals surface area contributed by atoms with Gasteiger partial charge in [0, 0.05) is 19.0 Å². The molecule has 21 heavy (non-hydrogen) atoms. The molecule has 1 saturated carbocycles. The van der Waals surface area contributed by atoms with Crippen molar-refractivity contribution >= 4 is 23.4 Å². The van der Waals surface area contributed by atoms with Crippen LogP contribution in [0.15, 0.2) is 12.3 Å². The van der Waals surface area contributed by atoms with Crippen molar-refractivity contribution in [1.82, 2.24) is 10.3 Å². The number of nitrogen functional groups attached to an aromatic ring is 1. The van der Waals surface area contributed by atoms with E-state index in [-0.39, 0.29) is 18.4 Å². The third kappa shape index (κ3) is 4.34. The van der Waals surface area contributed by atoms with Crippen LogP contribution < -0.4 is 16.4 Å². The zero-order valence-corrected chi connectivity index (χ0v) is 12.0. The summed E-state index contributed by atoms with van der Waals surface area (Å²) in [4.78, 5) is 27.4. The lowest BCUT2D eigenvalue weighted by atomic mass is 10.2. The molecule has 1 aliphatic carbocycles. The molecule has 0 bridgehead atoms. The summed E-state index contributed by atoms with van der Waals surface area (Å²) >= 11 is 0. The molecule has 0 saturated heterocycles. The third-order valence-corrected chi connectivity index (χ3v) is 3.07. The van der Waals surface area contributed by atoms with E-state index in [1.165, 1.54) is 12.3 Å². The SMILES string of the molecule is CCOC(=O)c1cc(N)cnc1NCCNC(=O)C1CC1. The molecule has 1 aromatic rings. The first-order valence-corrected chi connectivity index (χ1v) is 7.06. The Balaban J connectivity index is 1.89. The standard InChI is InChI=1S/C14H20N4O3/c1-2-21-14(20)11-7-10(15)8-18-12(11)16-5-6-17-13(19)9-3-4-9/h7-9H,2-6,15H2,1H3,(H,16,18)(H,17,19). The Labute approximate surface area is 123 Å². The van der Waals surface area contributed by atoms with Crippen LogP contribution in [0.1, 0.15) is 30.1 Å². The first kappa shape index (κ1) is 15.1. The number of anilines is 2. The molecule has 2 rings (SSSR count). The maximum atomic E-state index is 11.8. The smallest absolute Gasteiger partial charge is 0.341 e. The molecular weight excluding hydrogens is 272 g/mol. The van der Waals surface area contributed by atoms with E-state index in [1.54, 1.807) is 6.92 Å². The molecule has 1 fully saturated rings. The number of amides is 1. The zero-order chi connectivity index (χ0) is 15.2. The maximum absolute atomic E-state index is 11.8. The molecule has 7 nitrogen and oxygen atoms in total. The number of nitrogens with two attached hydrogens (primary N) is 1. The van der Waals surface area contributed by atoms with Gasteiger partial charge in [0.25, 0.3) is 0 Å². The van der Waals surface area contributed by atoms with Crippen LogP contribution in [-0.2, 0) is 9.53 Å². The fourth-order valence-electron chi connectivity index (χ4n) is 1.84. The highest BCUT2D eigenvalue weighted by Crippen LogP contribution is 2.28. The number of ether oxygens (including phenoxy) is 1. The highest BCUT2D eigenvalue weighted by Gasteiger charge is 2.29. The van der Waals surface area contributed by atoms with Gasteiger partial charge in [0.05, 0.1) is 18.5 Å². The second-order valence-corrected chi connectivity index (χ2v) is 4.88. The molecule has 0 spiro atoms. The van der Waals surface area contributed by atoms with Crippen LogP contribution in [0.2, 0.25) is 0 Å². The first-order chi connectivity index (χ1) is 10.1. The monoisotopic (exact) mass is 292 g/mol. The van der Waals surface area contributed by atoms with Crippen molar-refractivity contribution in [2.24, 2.45) is 5.92 Å². The predicted molar refractivity (Wildman–Crippen MR) is 78.8 cm³/mol. The van der Waals surface area contributed by atoms with Crippen molar-refractivity contribution in [2.75, 3.05) is 30.7 Å². The number of carbonyl (C=O) groups excluding carboxylic acids is 2. The Hall–Kier alpha value is -2.31. The van der Waals surface area contributed by atoms with Crippen LogP contribution in [0.4, 0.5) is 11.5 Å². The highest BCUT2D eigenvalue weighted by molar-refractivity contribution is 5.95. The van der Waals surface area contributed by atoms with E-state index in [2.05, 4.69) is 15.6 Å². The van der Waals surface area contributed by atoms with Crippen LogP contribution in [0.3, 0.4) is 0 Å². The summed E-state index contributed by atoms with van der Waals surface area (Å²) < 4.78 is 4.96. The lowest BCUT2D eigenvalue weighted by molar-refractivity contribution is -0.122. The van der Waals surface area contributed by atoms with Gasteiger partial charge < -0.3 is 21.1 Å². The van der Waals surface area contributed by atoms with Crippen LogP contribution in [0.25, 0.3) is 0 Å². The summed E-state index contributed by atoms with van der Waals surface area (Å²) in [5.41, 5.74) is 6.33. The Morgan fingerprint density at radius 1 is 1.43 bits per heavy atom. The summed E-state index contributed by atoms with van der Waals surface area (Å²) in [7, 11) is 0. The van der Waals surface area contributed by atoms with Crippen molar-refractivity contribution in [3.05, 3.63) is 17.8 Å². The summed E-state index contributed by atoms with van der Waals surface area (Å²) in [5, 5.41) is 5.84. The number of pyridine rings is 1. The van der Waals surface area contributed by atoms with Crippen molar-refractivity contribution < 1.29 is 14.3 Å². The van der Waals surface area contributed by atoms with Crippen LogP contribution in [-0.4, -0.2) is 36.6 Å². The number of carbonyl (C=O) groups is 2. The summed E-state index contributed by atoms with van der Waals surface area (Å²) in [5.74, 6) is 0.215. The molecular formula is C14H20N4O3. The topological polar surface area (TPSA) is 106 Å². The summed E-state index contributed by atoms with van der Waals surface area (Å²) in [6.45, 7) is 2.97. The average Bonchev–Trinajstić information content (AvgIpc) is 3.29. The molecule has 4 N–H and O–H groups in total. The molecule has 1 aromatic heterocycles. The van der Waals surface area contributed by atoms with E-state index < -0.39 is 5.97 Å². The third-order valence-electron chi connectivity index (χ3n) is 3.07. The lowest BCUT2D eigenvalue weighted by Gasteiger charge is -2.11. The van der Waals surface area contributed by atoms with Crippen LogP contribution >= 0.6 is 0 Å². The molecule has 1 heterocycles. The Morgan fingerprint density at radius 2 is 2.19 bits per heavy atom. The highest BCUT2D eigenvalue weighted by atomic mass is 16.5. The van der Waals surface area contributed by atoms with E-state index >= 15 is 0 Å². The van der Waals surface area contributed by atoms with Gasteiger partial charge in [-0.2, -0.15) is 0 Å². The second kappa shape index (κ2) is 6.92. The molecule has 0 aliphatic heterocycles. The number of nitrogens with one attached hydrogen (secondary N) is 2. The largest absolute Gasteiger partial charge is 0.462 e. The van der Waals surface area contributed by atoms with Gasteiger partial charge >= 0.3 is 5.97 Å². The van der Waals surface area contributed by atoms with E-state index in [1.807, 2.05) is 0 Å². The number of hydrogen-bond acceptors (Lipinski definition) is 6. The van der Waals surface area contributed by atoms with Gasteiger partial charge in [0.15, 0.2) is 0 Å². The van der Waals surface area contributed by atoms with Gasteiger partial charge in [-0.05, 0) is 25.8 Å². The average molecular weight is 292 g/mol. The van der Waals surface area contributed by atoms with Gasteiger partial charge in [-0.3, -0.25) is 4.79 Å². The normalized spacial score (nSPS) is 13.6. The number of aromatic nitrogens is 1. The molecule has 114 valence electrons. The van der Waals surface area contributed by atoms with E-state index in [0.717, 1.165) is 12.8 Å². The maximum Gasteiger partial charge on any atom is 0.341 e. The van der Waals surface area contributed by atoms with Crippen LogP contribution in [0, 0.1) is 5.92 Å². The Kier molecular flexibility index (Phi) is 4.97. The van der Waals surface area contributed by atoms with Gasteiger partial charge in [-0.25, -0.2) is 9.78 Å². The quantitative estimate of drug-likeness (QED) is 0.506. The number of nitrogens with zero attached hydrogens (tertiary/aromatic N) is 1. The van der Waals surface area contributed by atoms with Crippen molar-refractivity contribution in [3.63, 3.8) is 0 Å². The fourth-order valence-corrected chi connectivity index (χ4v) is 1.84. The van der Waals surface area contributed by atoms with Crippen molar-refractivity contribution in [3.8, 4) is 0 Å². The van der Waals surface area contributed by atoms with E-state index in [4.69, 9.17) is 10.5 Å². The lowest BCUT2D eigenvalue weighted by Crippen LogP contribution is -2.30. The molecule has 1 amide bonds. The van der Waals surface area contributed by atoms with Gasteiger partial charge in [-0.15, -0.1) is 0 Å². The minimum atomic E-state index is -0.471. The van der Waals surface area contributed by atoms with E-state index in [0.29, 0.717) is 30.2 Å². The zero-order valence-electron chi connectivity index (χ0n) is 12.0. The molecule has 0 atom stereocenters. The number of esters is 1. The predicted octanol–water partition coefficient (Wildman–Crippen LogP) is 0.779. The van der Waals surface area contributed by atoms with E-state index in [9.17, 15) is 9.59 Å². The molecule has 0 radical (unpaired) electrons. The summed E-state index contributed by atoms with van der Waals surface area (Å²) in [6.07, 6.45) is 3.42. The first-order valence-electron chi connectivity index (χ1n) is 7.06. The number of hydrogen-bond donors (Lipinski definition) is 3. The Morgan fingerprint density at radius 3 is 2.86 bits per heavy atom. The summed E-state index contributed by atoms with van der Waals surface area (Å²) in [6, 6.07) is 1.52. The van der Waals surface area contributed by atoms with Crippen molar-refractivity contribution in [2.45, 2.75) is 19.8 Å². The fraction of sp³-hybridized carbons (Fsp3) is 0.500. The molecule has 7 heteroatoms. The minimum Gasteiger partial charge on any atom is -0.462 e. The van der Waals surface area contributed by atoms with Gasteiger partial charge in [0.2, 0.25) is 5.91 Å². The van der Waals surface area contributed by atoms with Gasteiger partial charge in [-0.1, -0.05) is 0 Å². The molecule has 0 aromatic carbocycles. The minimum absolute atomic E-state index is 0.0904. The number of rotatable bonds is 7.